The van der Waals surface area contributed by atoms with Gasteiger partial charge in [0.25, 0.3) is 6.43 Å². The first-order valence-electron chi connectivity index (χ1n) is 12.9. The van der Waals surface area contributed by atoms with E-state index in [1.807, 2.05) is 9.80 Å². The highest BCUT2D eigenvalue weighted by Gasteiger charge is 2.46. The molecule has 0 spiro atoms. The van der Waals surface area contributed by atoms with Gasteiger partial charge in [-0.05, 0) is 25.0 Å². The number of sulfonamides is 1. The lowest BCUT2D eigenvalue weighted by molar-refractivity contribution is -0.135. The smallest absolute Gasteiger partial charge is 0.291 e. The molecule has 3 fully saturated rings. The summed E-state index contributed by atoms with van der Waals surface area (Å²) in [6.07, 6.45) is 1.06. The summed E-state index contributed by atoms with van der Waals surface area (Å²) in [5.41, 5.74) is -0.0986. The van der Waals surface area contributed by atoms with Gasteiger partial charge in [0.15, 0.2) is 5.01 Å². The minimum Gasteiger partial charge on any atom is -0.377 e. The number of ether oxygens (including phenoxy) is 1. The Morgan fingerprint density at radius 2 is 1.88 bits per heavy atom. The summed E-state index contributed by atoms with van der Waals surface area (Å²) in [5, 5.41) is 27.6. The Morgan fingerprint density at radius 3 is 2.42 bits per heavy atom. The van der Waals surface area contributed by atoms with Crippen LogP contribution in [0.3, 0.4) is 0 Å². The minimum absolute atomic E-state index is 0.00983. The highest BCUT2D eigenvalue weighted by atomic mass is 32.2. The summed E-state index contributed by atoms with van der Waals surface area (Å²) in [4.78, 5) is 16.6. The standard InChI is InChI=1S/C24H26F2N8O4S2/c25-20(26)21-29-30-23(39-21)34-17-10-15(40(28,36)37)9-16(18(17)19(31-34)24(11-27)12-38-13-24)32-5-7-33(8-6-32)22(35)14-3-1-2-4-14/h9-10,14,20H,1-8,12-13H2,(H2,28,36,37). The molecule has 0 unspecified atom stereocenters. The largest absolute Gasteiger partial charge is 0.377 e. The molecule has 4 heterocycles. The number of carbonyl (C=O) groups is 1. The fraction of sp³-hybridized carbons (Fsp3) is 0.542. The number of hydrogen-bond acceptors (Lipinski definition) is 10. The van der Waals surface area contributed by atoms with E-state index in [2.05, 4.69) is 21.4 Å². The number of aromatic nitrogens is 4. The second kappa shape index (κ2) is 9.98. The maximum Gasteiger partial charge on any atom is 0.291 e. The first kappa shape index (κ1) is 26.9. The lowest BCUT2D eigenvalue weighted by atomic mass is 9.82. The zero-order valence-electron chi connectivity index (χ0n) is 21.3. The number of nitriles is 1. The number of halogens is 2. The number of nitrogens with two attached hydrogens (primary N) is 1. The summed E-state index contributed by atoms with van der Waals surface area (Å²) >= 11 is 0.612. The van der Waals surface area contributed by atoms with Gasteiger partial charge < -0.3 is 14.5 Å². The van der Waals surface area contributed by atoms with Gasteiger partial charge in [-0.15, -0.1) is 10.2 Å². The predicted molar refractivity (Wildman–Crippen MR) is 140 cm³/mol. The number of alkyl halides is 2. The molecule has 1 aromatic carbocycles. The fourth-order valence-electron chi connectivity index (χ4n) is 5.65. The van der Waals surface area contributed by atoms with Gasteiger partial charge in [0.1, 0.15) is 5.41 Å². The molecule has 2 N–H and O–H groups in total. The van der Waals surface area contributed by atoms with Gasteiger partial charge in [-0.25, -0.2) is 27.0 Å². The van der Waals surface area contributed by atoms with Crippen LogP contribution in [0.1, 0.15) is 42.8 Å². The molecule has 1 aliphatic carbocycles. The summed E-state index contributed by atoms with van der Waals surface area (Å²) in [5.74, 6) is 0.197. The van der Waals surface area contributed by atoms with Crippen molar-refractivity contribution in [2.24, 2.45) is 11.1 Å². The number of rotatable bonds is 6. The Bertz CT molecular complexity index is 1620. The Balaban J connectivity index is 1.48. The topological polar surface area (TPSA) is 160 Å². The summed E-state index contributed by atoms with van der Waals surface area (Å²) < 4.78 is 58.4. The Labute approximate surface area is 232 Å². The van der Waals surface area contributed by atoms with Crippen molar-refractivity contribution in [2.75, 3.05) is 44.3 Å². The molecule has 2 saturated heterocycles. The SMILES string of the molecule is N#CC1(c2nn(-c3nnc(C(F)F)s3)c3cc(S(N)(=O)=O)cc(N4CCN(C(=O)C5CCCC5)CC4)c23)COC1. The number of nitrogens with zero attached hydrogens (tertiary/aromatic N) is 7. The summed E-state index contributed by atoms with van der Waals surface area (Å²) in [6.45, 7) is 1.84. The van der Waals surface area contributed by atoms with Crippen LogP contribution in [-0.2, 0) is 25.0 Å². The van der Waals surface area contributed by atoms with E-state index in [-0.39, 0.29) is 40.6 Å². The Morgan fingerprint density at radius 1 is 1.18 bits per heavy atom. The van der Waals surface area contributed by atoms with Gasteiger partial charge in [0.2, 0.25) is 21.1 Å². The van der Waals surface area contributed by atoms with Crippen LogP contribution in [0.4, 0.5) is 14.5 Å². The number of piperazine rings is 1. The van der Waals surface area contributed by atoms with Crippen molar-refractivity contribution >= 4 is 43.9 Å². The number of amides is 1. The average molecular weight is 593 g/mol. The quantitative estimate of drug-likeness (QED) is 0.452. The lowest BCUT2D eigenvalue weighted by Crippen LogP contribution is -2.50. The van der Waals surface area contributed by atoms with E-state index >= 15 is 0 Å². The van der Waals surface area contributed by atoms with Crippen LogP contribution >= 0.6 is 11.3 Å². The monoisotopic (exact) mass is 592 g/mol. The van der Waals surface area contributed by atoms with Gasteiger partial charge in [-0.3, -0.25) is 4.79 Å². The molecule has 1 amide bonds. The second-order valence-electron chi connectivity index (χ2n) is 10.3. The van der Waals surface area contributed by atoms with Crippen LogP contribution in [0, 0.1) is 17.2 Å². The van der Waals surface area contributed by atoms with Gasteiger partial charge in [-0.1, -0.05) is 24.2 Å². The molecule has 0 atom stereocenters. The summed E-state index contributed by atoms with van der Waals surface area (Å²) in [7, 11) is -4.20. The normalized spacial score (nSPS) is 19.8. The first-order valence-corrected chi connectivity index (χ1v) is 15.2. The van der Waals surface area contributed by atoms with Crippen molar-refractivity contribution in [3.63, 3.8) is 0 Å². The molecule has 6 rings (SSSR count). The zero-order valence-corrected chi connectivity index (χ0v) is 22.9. The van der Waals surface area contributed by atoms with Crippen molar-refractivity contribution in [3.05, 3.63) is 22.8 Å². The van der Waals surface area contributed by atoms with Crippen molar-refractivity contribution < 1.29 is 26.7 Å². The van der Waals surface area contributed by atoms with E-state index in [4.69, 9.17) is 9.88 Å². The van der Waals surface area contributed by atoms with Crippen LogP contribution in [0.2, 0.25) is 0 Å². The highest BCUT2D eigenvalue weighted by Crippen LogP contribution is 2.43. The lowest BCUT2D eigenvalue weighted by Gasteiger charge is -2.38. The number of anilines is 1. The van der Waals surface area contributed by atoms with Crippen molar-refractivity contribution in [1.29, 1.82) is 5.26 Å². The van der Waals surface area contributed by atoms with Crippen LogP contribution in [0.25, 0.3) is 16.0 Å². The number of hydrogen-bond donors (Lipinski definition) is 1. The van der Waals surface area contributed by atoms with Gasteiger partial charge >= 0.3 is 0 Å². The van der Waals surface area contributed by atoms with Crippen LogP contribution in [0.5, 0.6) is 0 Å². The minimum atomic E-state index is -4.20. The van der Waals surface area contributed by atoms with Gasteiger partial charge in [-0.2, -0.15) is 10.4 Å². The van der Waals surface area contributed by atoms with Crippen LogP contribution < -0.4 is 10.0 Å². The molecule has 2 aliphatic heterocycles. The Hall–Kier alpha value is -3.26. The molecule has 3 aromatic rings. The Kier molecular flexibility index (Phi) is 6.72. The molecule has 3 aliphatic rings. The number of fused-ring (bicyclic) bond motifs is 1. The molecule has 12 nitrogen and oxygen atoms in total. The van der Waals surface area contributed by atoms with Gasteiger partial charge in [0.05, 0.1) is 35.4 Å². The van der Waals surface area contributed by atoms with Crippen molar-refractivity contribution in [1.82, 2.24) is 24.9 Å². The van der Waals surface area contributed by atoms with E-state index in [9.17, 15) is 27.3 Å². The van der Waals surface area contributed by atoms with Crippen LogP contribution in [-0.4, -0.2) is 78.6 Å². The van der Waals surface area contributed by atoms with Gasteiger partial charge in [0, 0.05) is 43.2 Å². The van der Waals surface area contributed by atoms with Crippen molar-refractivity contribution in [3.8, 4) is 11.2 Å². The van der Waals surface area contributed by atoms with Crippen molar-refractivity contribution in [2.45, 2.75) is 42.4 Å². The van der Waals surface area contributed by atoms with E-state index < -0.39 is 26.9 Å². The molecule has 40 heavy (non-hydrogen) atoms. The zero-order chi connectivity index (χ0) is 28.2. The van der Waals surface area contributed by atoms with Crippen LogP contribution in [0.15, 0.2) is 17.0 Å². The maximum absolute atomic E-state index is 13.3. The second-order valence-corrected chi connectivity index (χ2v) is 12.9. The molecule has 0 radical (unpaired) electrons. The molecule has 2 aromatic heterocycles. The number of primary sulfonamides is 1. The van der Waals surface area contributed by atoms with E-state index in [0.29, 0.717) is 54.3 Å². The first-order chi connectivity index (χ1) is 19.1. The van der Waals surface area contributed by atoms with E-state index in [1.54, 1.807) is 0 Å². The number of carbonyl (C=O) groups excluding carboxylic acids is 1. The van der Waals surface area contributed by atoms with E-state index in [0.717, 1.165) is 25.7 Å². The molecule has 212 valence electrons. The molecule has 1 saturated carbocycles. The maximum atomic E-state index is 13.3. The molecule has 0 bridgehead atoms. The third kappa shape index (κ3) is 4.50. The molecule has 16 heteroatoms. The average Bonchev–Trinajstić information content (AvgIpc) is 3.67. The number of benzene rings is 1. The summed E-state index contributed by atoms with van der Waals surface area (Å²) in [6, 6.07) is 5.02. The highest BCUT2D eigenvalue weighted by molar-refractivity contribution is 7.89. The molecular formula is C24H26F2N8O4S2. The third-order valence-electron chi connectivity index (χ3n) is 7.86. The fourth-order valence-corrected chi connectivity index (χ4v) is 6.87. The molecular weight excluding hydrogens is 566 g/mol. The predicted octanol–water partition coefficient (Wildman–Crippen LogP) is 2.09. The third-order valence-corrected chi connectivity index (χ3v) is 9.66. The van der Waals surface area contributed by atoms with E-state index in [1.165, 1.54) is 16.8 Å².